The van der Waals surface area contributed by atoms with Gasteiger partial charge in [-0.25, -0.2) is 0 Å². The van der Waals surface area contributed by atoms with Gasteiger partial charge >= 0.3 is 0 Å². The Morgan fingerprint density at radius 1 is 1.21 bits per heavy atom. The molecule has 28 heavy (non-hydrogen) atoms. The monoisotopic (exact) mass is 419 g/mol. The van der Waals surface area contributed by atoms with Crippen molar-refractivity contribution in [1.82, 2.24) is 15.5 Å². The molecule has 2 aliphatic heterocycles. The SMILES string of the molecule is CN1C(=O)CC(C(=O)NCc2ccc3c(c2)CNC3)C1c1cccc(Cl)c1.Cl. The molecule has 5 nitrogen and oxygen atoms in total. The fraction of sp³-hybridized carbons (Fsp3) is 0.333. The van der Waals surface area contributed by atoms with E-state index in [1.54, 1.807) is 18.0 Å². The van der Waals surface area contributed by atoms with E-state index in [-0.39, 0.29) is 36.7 Å². The lowest BCUT2D eigenvalue weighted by molar-refractivity contribution is -0.128. The summed E-state index contributed by atoms with van der Waals surface area (Å²) in [6.07, 6.45) is 0.216. The number of halogens is 2. The van der Waals surface area contributed by atoms with E-state index in [1.165, 1.54) is 11.1 Å². The summed E-state index contributed by atoms with van der Waals surface area (Å²) in [6.45, 7) is 2.23. The number of carbonyl (C=O) groups is 2. The van der Waals surface area contributed by atoms with Gasteiger partial charge in [0.1, 0.15) is 0 Å². The van der Waals surface area contributed by atoms with Gasteiger partial charge in [-0.3, -0.25) is 9.59 Å². The van der Waals surface area contributed by atoms with E-state index in [9.17, 15) is 9.59 Å². The van der Waals surface area contributed by atoms with Crippen LogP contribution in [0.15, 0.2) is 42.5 Å². The molecule has 7 heteroatoms. The number of benzene rings is 2. The largest absolute Gasteiger partial charge is 0.352 e. The third-order valence-electron chi connectivity index (χ3n) is 5.48. The predicted molar refractivity (Wildman–Crippen MR) is 111 cm³/mol. The zero-order valence-electron chi connectivity index (χ0n) is 15.6. The molecular formula is C21H23Cl2N3O2. The van der Waals surface area contributed by atoms with Gasteiger partial charge in [0.2, 0.25) is 11.8 Å². The molecule has 2 N–H and O–H groups in total. The Balaban J connectivity index is 0.00000225. The normalized spacial score (nSPS) is 20.6. The van der Waals surface area contributed by atoms with E-state index < -0.39 is 5.92 Å². The lowest BCUT2D eigenvalue weighted by atomic mass is 9.93. The molecule has 2 aromatic rings. The van der Waals surface area contributed by atoms with Crippen LogP contribution in [0, 0.1) is 5.92 Å². The molecule has 2 amide bonds. The van der Waals surface area contributed by atoms with Gasteiger partial charge in [0.25, 0.3) is 0 Å². The van der Waals surface area contributed by atoms with Crippen molar-refractivity contribution in [2.24, 2.45) is 5.92 Å². The highest BCUT2D eigenvalue weighted by Crippen LogP contribution is 2.37. The molecule has 2 heterocycles. The average Bonchev–Trinajstić information content (AvgIpc) is 3.24. The van der Waals surface area contributed by atoms with Crippen LogP contribution >= 0.6 is 24.0 Å². The van der Waals surface area contributed by atoms with E-state index in [0.717, 1.165) is 24.2 Å². The van der Waals surface area contributed by atoms with Gasteiger partial charge in [-0.15, -0.1) is 12.4 Å². The zero-order chi connectivity index (χ0) is 19.0. The van der Waals surface area contributed by atoms with Gasteiger partial charge in [0.15, 0.2) is 0 Å². The quantitative estimate of drug-likeness (QED) is 0.799. The van der Waals surface area contributed by atoms with Crippen LogP contribution in [-0.4, -0.2) is 23.8 Å². The molecule has 1 fully saturated rings. The summed E-state index contributed by atoms with van der Waals surface area (Å²) in [7, 11) is 1.74. The molecule has 2 atom stereocenters. The average molecular weight is 420 g/mol. The van der Waals surface area contributed by atoms with E-state index >= 15 is 0 Å². The Kier molecular flexibility index (Phi) is 6.28. The minimum atomic E-state index is -0.419. The topological polar surface area (TPSA) is 61.4 Å². The lowest BCUT2D eigenvalue weighted by Gasteiger charge is -2.25. The molecular weight excluding hydrogens is 397 g/mol. The first kappa shape index (κ1) is 20.6. The van der Waals surface area contributed by atoms with Crippen LogP contribution in [0.5, 0.6) is 0 Å². The van der Waals surface area contributed by atoms with Gasteiger partial charge < -0.3 is 15.5 Å². The summed E-state index contributed by atoms with van der Waals surface area (Å²) in [4.78, 5) is 26.8. The smallest absolute Gasteiger partial charge is 0.226 e. The fourth-order valence-electron chi connectivity index (χ4n) is 4.03. The predicted octanol–water partition coefficient (Wildman–Crippen LogP) is 3.20. The summed E-state index contributed by atoms with van der Waals surface area (Å²) in [5.74, 6) is -0.544. The number of hydrogen-bond donors (Lipinski definition) is 2. The van der Waals surface area contributed by atoms with Gasteiger partial charge in [-0.1, -0.05) is 41.9 Å². The maximum Gasteiger partial charge on any atom is 0.226 e. The number of fused-ring (bicyclic) bond motifs is 1. The summed E-state index contributed by atoms with van der Waals surface area (Å²) in [5.41, 5.74) is 4.56. The summed E-state index contributed by atoms with van der Waals surface area (Å²) >= 11 is 6.11. The highest BCUT2D eigenvalue weighted by Gasteiger charge is 2.42. The third kappa shape index (κ3) is 4.02. The second-order valence-corrected chi connectivity index (χ2v) is 7.68. The molecule has 0 bridgehead atoms. The number of rotatable bonds is 4. The second kappa shape index (κ2) is 8.52. The Morgan fingerprint density at radius 3 is 2.79 bits per heavy atom. The molecule has 1 saturated heterocycles. The molecule has 148 valence electrons. The molecule has 2 aromatic carbocycles. The lowest BCUT2D eigenvalue weighted by Crippen LogP contribution is -2.34. The third-order valence-corrected chi connectivity index (χ3v) is 5.72. The summed E-state index contributed by atoms with van der Waals surface area (Å²) in [6, 6.07) is 13.4. The van der Waals surface area contributed by atoms with Crippen molar-refractivity contribution >= 4 is 35.8 Å². The number of carbonyl (C=O) groups excluding carboxylic acids is 2. The van der Waals surface area contributed by atoms with E-state index in [4.69, 9.17) is 11.6 Å². The van der Waals surface area contributed by atoms with Crippen LogP contribution in [-0.2, 0) is 29.2 Å². The van der Waals surface area contributed by atoms with Crippen molar-refractivity contribution in [2.45, 2.75) is 32.1 Å². The van der Waals surface area contributed by atoms with Crippen molar-refractivity contribution in [2.75, 3.05) is 7.05 Å². The fourth-order valence-corrected chi connectivity index (χ4v) is 4.23. The van der Waals surface area contributed by atoms with Crippen LogP contribution in [0.2, 0.25) is 5.02 Å². The van der Waals surface area contributed by atoms with Crippen LogP contribution in [0.25, 0.3) is 0 Å². The standard InChI is InChI=1S/C21H22ClN3O2.ClH/c1-25-19(26)9-18(20(25)14-3-2-4-17(22)8-14)21(27)24-10-13-5-6-15-11-23-12-16(15)7-13;/h2-8,18,20,23H,9-12H2,1H3,(H,24,27);1H. The van der Waals surface area contributed by atoms with E-state index in [0.29, 0.717) is 11.6 Å². The van der Waals surface area contributed by atoms with Gasteiger partial charge in [-0.2, -0.15) is 0 Å². The van der Waals surface area contributed by atoms with Crippen molar-refractivity contribution in [1.29, 1.82) is 0 Å². The Bertz CT molecular complexity index is 903. The number of likely N-dealkylation sites (tertiary alicyclic amines) is 1. The van der Waals surface area contributed by atoms with Crippen LogP contribution in [0.4, 0.5) is 0 Å². The second-order valence-electron chi connectivity index (χ2n) is 7.24. The molecule has 0 spiro atoms. The minimum absolute atomic E-state index is 0. The maximum atomic E-state index is 12.9. The number of nitrogens with zero attached hydrogens (tertiary/aromatic N) is 1. The Labute approximate surface area is 175 Å². The van der Waals surface area contributed by atoms with E-state index in [2.05, 4.69) is 22.8 Å². The molecule has 0 aliphatic carbocycles. The molecule has 2 unspecified atom stereocenters. The molecule has 0 radical (unpaired) electrons. The van der Waals surface area contributed by atoms with Crippen LogP contribution < -0.4 is 10.6 Å². The molecule has 0 aromatic heterocycles. The molecule has 2 aliphatic rings. The summed E-state index contributed by atoms with van der Waals surface area (Å²) < 4.78 is 0. The van der Waals surface area contributed by atoms with Crippen LogP contribution in [0.3, 0.4) is 0 Å². The Hall–Kier alpha value is -2.08. The maximum absolute atomic E-state index is 12.9. The minimum Gasteiger partial charge on any atom is -0.352 e. The first-order chi connectivity index (χ1) is 13.0. The highest BCUT2D eigenvalue weighted by molar-refractivity contribution is 6.30. The number of nitrogens with one attached hydrogen (secondary N) is 2. The number of amides is 2. The van der Waals surface area contributed by atoms with Gasteiger partial charge in [0.05, 0.1) is 12.0 Å². The van der Waals surface area contributed by atoms with Crippen LogP contribution in [0.1, 0.15) is 34.7 Å². The first-order valence-corrected chi connectivity index (χ1v) is 9.51. The van der Waals surface area contributed by atoms with Gasteiger partial charge in [-0.05, 0) is 34.4 Å². The van der Waals surface area contributed by atoms with Crippen molar-refractivity contribution in [3.8, 4) is 0 Å². The zero-order valence-corrected chi connectivity index (χ0v) is 17.1. The van der Waals surface area contributed by atoms with E-state index in [1.807, 2.05) is 24.3 Å². The number of hydrogen-bond acceptors (Lipinski definition) is 3. The van der Waals surface area contributed by atoms with Gasteiger partial charge in [0, 0.05) is 38.1 Å². The van der Waals surface area contributed by atoms with Crippen molar-refractivity contribution in [3.63, 3.8) is 0 Å². The van der Waals surface area contributed by atoms with Crippen molar-refractivity contribution < 1.29 is 9.59 Å². The Morgan fingerprint density at radius 2 is 2.00 bits per heavy atom. The highest BCUT2D eigenvalue weighted by atomic mass is 35.5. The first-order valence-electron chi connectivity index (χ1n) is 9.13. The molecule has 0 saturated carbocycles. The molecule has 4 rings (SSSR count). The van der Waals surface area contributed by atoms with Crippen molar-refractivity contribution in [3.05, 3.63) is 69.7 Å². The summed E-state index contributed by atoms with van der Waals surface area (Å²) in [5, 5.41) is 6.94.